The van der Waals surface area contributed by atoms with Crippen molar-refractivity contribution in [3.63, 3.8) is 0 Å². The number of hydrogen-bond donors (Lipinski definition) is 2. The number of ketones is 1. The molecule has 1 aromatic heterocycles. The highest BCUT2D eigenvalue weighted by atomic mass is 32.1. The van der Waals surface area contributed by atoms with Crippen LogP contribution in [0.5, 0.6) is 0 Å². The lowest BCUT2D eigenvalue weighted by Crippen LogP contribution is -2.46. The third kappa shape index (κ3) is 3.25. The molecule has 1 unspecified atom stereocenters. The van der Waals surface area contributed by atoms with E-state index < -0.39 is 0 Å². The second-order valence-corrected chi connectivity index (χ2v) is 7.69. The molecule has 2 aromatic carbocycles. The number of rotatable bonds is 3. The number of nitrogens with one attached hydrogen (secondary N) is 2. The molecule has 0 saturated carbocycles. The summed E-state index contributed by atoms with van der Waals surface area (Å²) in [6.45, 7) is 0. The first-order valence-electron chi connectivity index (χ1n) is 9.75. The van der Waals surface area contributed by atoms with Crippen LogP contribution in [0.1, 0.15) is 30.9 Å². The molecule has 1 atom stereocenters. The van der Waals surface area contributed by atoms with Crippen LogP contribution in [0.25, 0.3) is 16.9 Å². The smallest absolute Gasteiger partial charge is 0.171 e. The van der Waals surface area contributed by atoms with E-state index in [0.717, 1.165) is 46.6 Å². The van der Waals surface area contributed by atoms with Gasteiger partial charge in [0.1, 0.15) is 0 Å². The lowest BCUT2D eigenvalue weighted by molar-refractivity contribution is -0.116. The van der Waals surface area contributed by atoms with Gasteiger partial charge in [0.25, 0.3) is 0 Å². The maximum Gasteiger partial charge on any atom is 0.171 e. The summed E-state index contributed by atoms with van der Waals surface area (Å²) >= 11 is 5.46. The fraction of sp³-hybridized carbons (Fsp3) is 0.174. The standard InChI is InChI=1S/C23H20N4OS/c28-19-13-7-12-18-20(19)22(25-23(29)24-18)17-14-27(16-10-5-2-6-11-16)26-21(17)15-8-3-1-4-9-15/h1-6,8-11,14,22H,7,12-13H2,(H2,24,25,29). The van der Waals surface area contributed by atoms with Gasteiger partial charge in [0.15, 0.2) is 10.9 Å². The maximum absolute atomic E-state index is 12.8. The third-order valence-electron chi connectivity index (χ3n) is 5.41. The minimum atomic E-state index is -0.306. The number of hydrogen-bond acceptors (Lipinski definition) is 3. The van der Waals surface area contributed by atoms with Gasteiger partial charge in [-0.25, -0.2) is 4.68 Å². The normalized spacial score (nSPS) is 18.8. The van der Waals surface area contributed by atoms with E-state index in [-0.39, 0.29) is 11.8 Å². The summed E-state index contributed by atoms with van der Waals surface area (Å²) in [5, 5.41) is 12.0. The number of benzene rings is 2. The maximum atomic E-state index is 12.8. The van der Waals surface area contributed by atoms with Crippen molar-refractivity contribution >= 4 is 23.1 Å². The highest BCUT2D eigenvalue weighted by Gasteiger charge is 2.35. The van der Waals surface area contributed by atoms with Crippen LogP contribution in [0.3, 0.4) is 0 Å². The molecule has 2 heterocycles. The Morgan fingerprint density at radius 1 is 1.00 bits per heavy atom. The molecule has 0 bridgehead atoms. The molecule has 0 fully saturated rings. The van der Waals surface area contributed by atoms with Crippen LogP contribution in [0, 0.1) is 0 Å². The Hall–Kier alpha value is -3.25. The number of Topliss-reactive ketones (excluding diaryl/α,β-unsaturated/α-hetero) is 1. The van der Waals surface area contributed by atoms with Crippen molar-refractivity contribution in [1.82, 2.24) is 20.4 Å². The Morgan fingerprint density at radius 2 is 1.72 bits per heavy atom. The van der Waals surface area contributed by atoms with Gasteiger partial charge in [-0.2, -0.15) is 5.10 Å². The van der Waals surface area contributed by atoms with Gasteiger partial charge in [-0.05, 0) is 37.2 Å². The van der Waals surface area contributed by atoms with E-state index in [1.165, 1.54) is 0 Å². The highest BCUT2D eigenvalue weighted by molar-refractivity contribution is 7.80. The average molecular weight is 401 g/mol. The molecule has 0 amide bonds. The Morgan fingerprint density at radius 3 is 2.48 bits per heavy atom. The number of allylic oxidation sites excluding steroid dienone is 1. The zero-order valence-electron chi connectivity index (χ0n) is 15.8. The Balaban J connectivity index is 1.70. The summed E-state index contributed by atoms with van der Waals surface area (Å²) in [7, 11) is 0. The minimum absolute atomic E-state index is 0.172. The van der Waals surface area contributed by atoms with Crippen LogP contribution in [-0.4, -0.2) is 20.7 Å². The Bertz CT molecular complexity index is 1120. The molecule has 0 spiro atoms. The fourth-order valence-corrected chi connectivity index (χ4v) is 4.31. The number of para-hydroxylation sites is 1. The third-order valence-corrected chi connectivity index (χ3v) is 5.63. The summed E-state index contributed by atoms with van der Waals surface area (Å²) in [6.07, 6.45) is 4.27. The Kier molecular flexibility index (Phi) is 4.48. The van der Waals surface area contributed by atoms with Gasteiger partial charge in [-0.1, -0.05) is 48.5 Å². The first-order valence-corrected chi connectivity index (χ1v) is 10.2. The molecule has 3 aromatic rings. The van der Waals surface area contributed by atoms with Gasteiger partial charge < -0.3 is 10.6 Å². The van der Waals surface area contributed by atoms with Crippen LogP contribution in [0.15, 0.2) is 78.1 Å². The van der Waals surface area contributed by atoms with Crippen LogP contribution in [0.4, 0.5) is 0 Å². The zero-order valence-corrected chi connectivity index (χ0v) is 16.6. The Labute approximate surface area is 174 Å². The summed E-state index contributed by atoms with van der Waals surface area (Å²) in [5.41, 5.74) is 5.51. The molecule has 29 heavy (non-hydrogen) atoms. The summed E-state index contributed by atoms with van der Waals surface area (Å²) in [6, 6.07) is 19.7. The molecular formula is C23H20N4OS. The van der Waals surface area contributed by atoms with Crippen molar-refractivity contribution in [3.05, 3.63) is 83.7 Å². The zero-order chi connectivity index (χ0) is 19.8. The number of nitrogens with zero attached hydrogens (tertiary/aromatic N) is 2. The number of carbonyl (C=O) groups excluding carboxylic acids is 1. The molecule has 6 heteroatoms. The van der Waals surface area contributed by atoms with E-state index in [4.69, 9.17) is 17.3 Å². The number of aromatic nitrogens is 2. The molecule has 2 aliphatic rings. The van der Waals surface area contributed by atoms with Crippen molar-refractivity contribution in [2.75, 3.05) is 0 Å². The van der Waals surface area contributed by atoms with Crippen LogP contribution < -0.4 is 10.6 Å². The molecule has 5 nitrogen and oxygen atoms in total. The predicted molar refractivity (Wildman–Crippen MR) is 116 cm³/mol. The molecule has 1 aliphatic heterocycles. The van der Waals surface area contributed by atoms with E-state index >= 15 is 0 Å². The summed E-state index contributed by atoms with van der Waals surface area (Å²) < 4.78 is 1.87. The minimum Gasteiger partial charge on any atom is -0.351 e. The van der Waals surface area contributed by atoms with Crippen molar-refractivity contribution in [2.24, 2.45) is 0 Å². The van der Waals surface area contributed by atoms with E-state index in [1.54, 1.807) is 0 Å². The van der Waals surface area contributed by atoms with E-state index in [1.807, 2.05) is 71.5 Å². The monoisotopic (exact) mass is 400 g/mol. The molecule has 1 aliphatic carbocycles. The highest BCUT2D eigenvalue weighted by Crippen LogP contribution is 2.37. The van der Waals surface area contributed by atoms with Crippen LogP contribution >= 0.6 is 12.2 Å². The van der Waals surface area contributed by atoms with Crippen molar-refractivity contribution in [1.29, 1.82) is 0 Å². The number of carbonyl (C=O) groups is 1. The molecule has 0 saturated heterocycles. The van der Waals surface area contributed by atoms with Gasteiger partial charge in [-0.3, -0.25) is 4.79 Å². The molecule has 144 valence electrons. The topological polar surface area (TPSA) is 59.0 Å². The first-order chi connectivity index (χ1) is 14.2. The second-order valence-electron chi connectivity index (χ2n) is 7.28. The van der Waals surface area contributed by atoms with Crippen LogP contribution in [-0.2, 0) is 4.79 Å². The lowest BCUT2D eigenvalue weighted by atomic mass is 9.85. The average Bonchev–Trinajstić information content (AvgIpc) is 3.20. The predicted octanol–water partition coefficient (Wildman–Crippen LogP) is 4.07. The fourth-order valence-electron chi connectivity index (χ4n) is 4.07. The summed E-state index contributed by atoms with van der Waals surface area (Å²) in [5.74, 6) is 0.172. The largest absolute Gasteiger partial charge is 0.351 e. The van der Waals surface area contributed by atoms with Crippen molar-refractivity contribution in [2.45, 2.75) is 25.3 Å². The van der Waals surface area contributed by atoms with Gasteiger partial charge in [0.05, 0.1) is 17.4 Å². The first kappa shape index (κ1) is 17.8. The van der Waals surface area contributed by atoms with Crippen molar-refractivity contribution < 1.29 is 4.79 Å². The number of thiocarbonyl (C=S) groups is 1. The lowest BCUT2D eigenvalue weighted by Gasteiger charge is -2.33. The van der Waals surface area contributed by atoms with Gasteiger partial charge in [-0.15, -0.1) is 0 Å². The van der Waals surface area contributed by atoms with Crippen molar-refractivity contribution in [3.8, 4) is 16.9 Å². The van der Waals surface area contributed by atoms with Crippen LogP contribution in [0.2, 0.25) is 0 Å². The van der Waals surface area contributed by atoms with Gasteiger partial charge >= 0.3 is 0 Å². The second kappa shape index (κ2) is 7.29. The SMILES string of the molecule is O=C1CCCC2=C1C(c1cn(-c3ccccc3)nc1-c1ccccc1)NC(=S)N2. The van der Waals surface area contributed by atoms with E-state index in [9.17, 15) is 4.79 Å². The molecule has 5 rings (SSSR count). The van der Waals surface area contributed by atoms with E-state index in [0.29, 0.717) is 11.5 Å². The van der Waals surface area contributed by atoms with Gasteiger partial charge in [0, 0.05) is 35.0 Å². The quantitative estimate of drug-likeness (QED) is 0.649. The summed E-state index contributed by atoms with van der Waals surface area (Å²) in [4.78, 5) is 12.8. The molecule has 2 N–H and O–H groups in total. The van der Waals surface area contributed by atoms with E-state index in [2.05, 4.69) is 10.6 Å². The molecular weight excluding hydrogens is 380 g/mol. The molecule has 0 radical (unpaired) electrons. The van der Waals surface area contributed by atoms with Gasteiger partial charge in [0.2, 0.25) is 0 Å².